The predicted molar refractivity (Wildman–Crippen MR) is 95.3 cm³/mol. The van der Waals surface area contributed by atoms with Gasteiger partial charge in [-0.2, -0.15) is 0 Å². The molecule has 5 rings (SSSR count). The van der Waals surface area contributed by atoms with Gasteiger partial charge in [0.25, 0.3) is 0 Å². The van der Waals surface area contributed by atoms with Crippen LogP contribution in [-0.2, 0) is 4.74 Å². The van der Waals surface area contributed by atoms with Crippen molar-refractivity contribution in [2.75, 3.05) is 12.4 Å². The fraction of sp³-hybridized carbons (Fsp3) is 0.444. The third-order valence-electron chi connectivity index (χ3n) is 4.83. The minimum Gasteiger partial charge on any atom is -0.377 e. The maximum absolute atomic E-state index is 5.74. The van der Waals surface area contributed by atoms with E-state index in [2.05, 4.69) is 50.2 Å². The fourth-order valence-electron chi connectivity index (χ4n) is 3.42. The van der Waals surface area contributed by atoms with E-state index >= 15 is 0 Å². The zero-order valence-electron chi connectivity index (χ0n) is 13.4. The maximum Gasteiger partial charge on any atom is 0.191 e. The molecule has 0 amide bonds. The Morgan fingerprint density at radius 3 is 2.96 bits per heavy atom. The average Bonchev–Trinajstić information content (AvgIpc) is 3.04. The molecule has 0 radical (unpaired) electrons. The number of aromatic amines is 1. The van der Waals surface area contributed by atoms with E-state index in [-0.39, 0.29) is 0 Å². The van der Waals surface area contributed by atoms with Crippen LogP contribution in [0.25, 0.3) is 22.3 Å². The number of hydrogen-bond donors (Lipinski definition) is 1. The molecule has 2 aromatic heterocycles. The standard InChI is InChI=1S/C18H20N4OS/c1-2-6-16-14(5-1)15(10-19-16)17-20-21-18(22(17)12-7-8-12)24-11-13-4-3-9-23-13/h1-2,5-6,10,12-13,19H,3-4,7-9,11H2/t13-/m0/s1. The molecule has 5 nitrogen and oxygen atoms in total. The molecule has 1 saturated carbocycles. The number of ether oxygens (including phenoxy) is 1. The van der Waals surface area contributed by atoms with Gasteiger partial charge in [0, 0.05) is 41.1 Å². The molecule has 3 aromatic rings. The lowest BCUT2D eigenvalue weighted by molar-refractivity contribution is 0.129. The van der Waals surface area contributed by atoms with Gasteiger partial charge < -0.3 is 9.72 Å². The van der Waals surface area contributed by atoms with Gasteiger partial charge in [-0.05, 0) is 31.7 Å². The Morgan fingerprint density at radius 2 is 2.12 bits per heavy atom. The largest absolute Gasteiger partial charge is 0.377 e. The number of nitrogens with zero attached hydrogens (tertiary/aromatic N) is 3. The smallest absolute Gasteiger partial charge is 0.191 e. The molecule has 124 valence electrons. The minimum atomic E-state index is 0.371. The molecule has 6 heteroatoms. The van der Waals surface area contributed by atoms with Crippen molar-refractivity contribution in [2.24, 2.45) is 0 Å². The molecule has 1 atom stereocenters. The Labute approximate surface area is 144 Å². The molecule has 0 bridgehead atoms. The molecular formula is C18H20N4OS. The highest BCUT2D eigenvalue weighted by Gasteiger charge is 2.31. The summed E-state index contributed by atoms with van der Waals surface area (Å²) in [6, 6.07) is 8.92. The van der Waals surface area contributed by atoms with Crippen LogP contribution in [0.3, 0.4) is 0 Å². The number of para-hydroxylation sites is 1. The van der Waals surface area contributed by atoms with Gasteiger partial charge >= 0.3 is 0 Å². The van der Waals surface area contributed by atoms with Crippen molar-refractivity contribution >= 4 is 22.7 Å². The Kier molecular flexibility index (Phi) is 3.60. The van der Waals surface area contributed by atoms with Gasteiger partial charge in [-0.3, -0.25) is 4.57 Å². The van der Waals surface area contributed by atoms with E-state index in [0.29, 0.717) is 12.1 Å². The summed E-state index contributed by atoms with van der Waals surface area (Å²) in [6.45, 7) is 0.904. The second-order valence-corrected chi connectivity index (χ2v) is 7.59. The third-order valence-corrected chi connectivity index (χ3v) is 5.90. The van der Waals surface area contributed by atoms with Crippen molar-refractivity contribution in [3.8, 4) is 11.4 Å². The van der Waals surface area contributed by atoms with Crippen molar-refractivity contribution in [1.29, 1.82) is 0 Å². The molecule has 24 heavy (non-hydrogen) atoms. The van der Waals surface area contributed by atoms with E-state index in [0.717, 1.165) is 34.4 Å². The minimum absolute atomic E-state index is 0.371. The lowest BCUT2D eigenvalue weighted by Crippen LogP contribution is -2.09. The highest BCUT2D eigenvalue weighted by molar-refractivity contribution is 7.99. The SMILES string of the molecule is c1ccc2c(-c3nnc(SC[C@@H]4CCCO4)n3C3CC3)c[nH]c2c1. The Hall–Kier alpha value is -1.79. The van der Waals surface area contributed by atoms with Gasteiger partial charge in [-0.15, -0.1) is 10.2 Å². The van der Waals surface area contributed by atoms with E-state index in [1.165, 1.54) is 31.1 Å². The lowest BCUT2D eigenvalue weighted by Gasteiger charge is -2.10. The van der Waals surface area contributed by atoms with Crippen LogP contribution in [0, 0.1) is 0 Å². The highest BCUT2D eigenvalue weighted by atomic mass is 32.2. The number of thioether (sulfide) groups is 1. The van der Waals surface area contributed by atoms with E-state index in [4.69, 9.17) is 4.74 Å². The summed E-state index contributed by atoms with van der Waals surface area (Å²) in [7, 11) is 0. The second-order valence-electron chi connectivity index (χ2n) is 6.60. The zero-order valence-corrected chi connectivity index (χ0v) is 14.3. The zero-order chi connectivity index (χ0) is 15.9. The van der Waals surface area contributed by atoms with Gasteiger partial charge in [0.05, 0.1) is 6.10 Å². The van der Waals surface area contributed by atoms with Crippen molar-refractivity contribution in [2.45, 2.75) is 43.0 Å². The number of hydrogen-bond acceptors (Lipinski definition) is 4. The molecule has 2 aliphatic rings. The van der Waals surface area contributed by atoms with Crippen LogP contribution in [0.15, 0.2) is 35.6 Å². The van der Waals surface area contributed by atoms with Crippen LogP contribution in [-0.4, -0.2) is 38.2 Å². The number of aromatic nitrogens is 4. The van der Waals surface area contributed by atoms with Crippen LogP contribution in [0.1, 0.15) is 31.7 Å². The summed E-state index contributed by atoms with van der Waals surface area (Å²) < 4.78 is 8.09. The van der Waals surface area contributed by atoms with Crippen molar-refractivity contribution < 1.29 is 4.74 Å². The molecule has 1 aliphatic carbocycles. The summed E-state index contributed by atoms with van der Waals surface area (Å²) >= 11 is 1.79. The van der Waals surface area contributed by atoms with E-state index in [9.17, 15) is 0 Å². The summed E-state index contributed by atoms with van der Waals surface area (Å²) in [4.78, 5) is 3.35. The van der Waals surface area contributed by atoms with Crippen LogP contribution in [0.4, 0.5) is 0 Å². The summed E-state index contributed by atoms with van der Waals surface area (Å²) in [5.74, 6) is 1.96. The first kappa shape index (κ1) is 14.5. The van der Waals surface area contributed by atoms with E-state index in [1.54, 1.807) is 11.8 Å². The number of rotatable bonds is 5. The Bertz CT molecular complexity index is 861. The van der Waals surface area contributed by atoms with Crippen molar-refractivity contribution in [1.82, 2.24) is 19.7 Å². The Morgan fingerprint density at radius 1 is 1.21 bits per heavy atom. The van der Waals surface area contributed by atoms with Gasteiger partial charge in [-0.1, -0.05) is 30.0 Å². The van der Waals surface area contributed by atoms with Gasteiger partial charge in [0.15, 0.2) is 11.0 Å². The fourth-order valence-corrected chi connectivity index (χ4v) is 4.49. The van der Waals surface area contributed by atoms with Crippen LogP contribution in [0.2, 0.25) is 0 Å². The number of nitrogens with one attached hydrogen (secondary N) is 1. The predicted octanol–water partition coefficient (Wildman–Crippen LogP) is 4.03. The molecule has 0 unspecified atom stereocenters. The molecule has 1 N–H and O–H groups in total. The summed E-state index contributed by atoms with van der Waals surface area (Å²) in [5, 5.41) is 11.3. The number of fused-ring (bicyclic) bond motifs is 1. The van der Waals surface area contributed by atoms with E-state index < -0.39 is 0 Å². The molecular weight excluding hydrogens is 320 g/mol. The van der Waals surface area contributed by atoms with Gasteiger partial charge in [0.1, 0.15) is 0 Å². The molecule has 3 heterocycles. The number of benzene rings is 1. The van der Waals surface area contributed by atoms with Crippen LogP contribution in [0.5, 0.6) is 0 Å². The monoisotopic (exact) mass is 340 g/mol. The summed E-state index contributed by atoms with van der Waals surface area (Å²) in [5.41, 5.74) is 2.29. The molecule has 1 aromatic carbocycles. The quantitative estimate of drug-likeness (QED) is 0.713. The third kappa shape index (κ3) is 2.54. The lowest BCUT2D eigenvalue weighted by atomic mass is 10.1. The molecule has 1 saturated heterocycles. The highest BCUT2D eigenvalue weighted by Crippen LogP contribution is 2.42. The first-order valence-corrected chi connectivity index (χ1v) is 9.64. The normalized spacial score (nSPS) is 20.9. The van der Waals surface area contributed by atoms with Crippen molar-refractivity contribution in [3.63, 3.8) is 0 Å². The maximum atomic E-state index is 5.74. The Balaban J connectivity index is 1.49. The van der Waals surface area contributed by atoms with Gasteiger partial charge in [0.2, 0.25) is 0 Å². The molecule has 0 spiro atoms. The second kappa shape index (κ2) is 5.93. The van der Waals surface area contributed by atoms with Crippen LogP contribution < -0.4 is 0 Å². The molecule has 2 fully saturated rings. The van der Waals surface area contributed by atoms with Gasteiger partial charge in [-0.25, -0.2) is 0 Å². The van der Waals surface area contributed by atoms with Crippen LogP contribution >= 0.6 is 11.8 Å². The first-order chi connectivity index (χ1) is 11.9. The summed E-state index contributed by atoms with van der Waals surface area (Å²) in [6.07, 6.45) is 7.22. The van der Waals surface area contributed by atoms with E-state index in [1.807, 2.05) is 0 Å². The topological polar surface area (TPSA) is 55.7 Å². The number of H-pyrrole nitrogens is 1. The van der Waals surface area contributed by atoms with Crippen molar-refractivity contribution in [3.05, 3.63) is 30.5 Å². The average molecular weight is 340 g/mol. The first-order valence-electron chi connectivity index (χ1n) is 8.66. The molecule has 1 aliphatic heterocycles.